The zero-order chi connectivity index (χ0) is 34.6. The summed E-state index contributed by atoms with van der Waals surface area (Å²) in [4.78, 5) is 18.5. The molecule has 1 aliphatic rings. The van der Waals surface area contributed by atoms with Crippen molar-refractivity contribution in [1.82, 2.24) is 9.88 Å². The molecule has 0 aliphatic carbocycles. The van der Waals surface area contributed by atoms with Crippen molar-refractivity contribution in [3.05, 3.63) is 75.3 Å². The summed E-state index contributed by atoms with van der Waals surface area (Å²) >= 11 is 1.15. The highest BCUT2D eigenvalue weighted by Crippen LogP contribution is 2.43. The number of amides is 1. The van der Waals surface area contributed by atoms with Gasteiger partial charge in [0.2, 0.25) is 0 Å². The van der Waals surface area contributed by atoms with Crippen molar-refractivity contribution in [2.45, 2.75) is 89.7 Å². The number of nitrogens with zero attached hydrogens (tertiary/aromatic N) is 2. The summed E-state index contributed by atoms with van der Waals surface area (Å²) in [6.07, 6.45) is -17.7. The highest BCUT2D eigenvalue weighted by molar-refractivity contribution is 7.13. The van der Waals surface area contributed by atoms with Crippen LogP contribution in [0.4, 0.5) is 44.3 Å². The van der Waals surface area contributed by atoms with Gasteiger partial charge < -0.3 is 9.16 Å². The Kier molecular flexibility index (Phi) is 9.45. The minimum absolute atomic E-state index is 0.00510. The quantitative estimate of drug-likeness (QED) is 0.182. The fourth-order valence-corrected chi connectivity index (χ4v) is 6.37. The summed E-state index contributed by atoms with van der Waals surface area (Å²) < 4.78 is 133. The van der Waals surface area contributed by atoms with Crippen LogP contribution in [0.15, 0.2) is 41.8 Å². The average molecular weight is 699 g/mol. The molecule has 1 aromatic heterocycles. The number of thiazole rings is 1. The summed E-state index contributed by atoms with van der Waals surface area (Å²) in [5.74, 6) is 0. The molecule has 1 fully saturated rings. The van der Waals surface area contributed by atoms with Gasteiger partial charge in [-0.25, -0.2) is 9.78 Å². The van der Waals surface area contributed by atoms with E-state index in [0.29, 0.717) is 22.8 Å². The van der Waals surface area contributed by atoms with E-state index < -0.39 is 73.9 Å². The Morgan fingerprint density at radius 2 is 1.46 bits per heavy atom. The van der Waals surface area contributed by atoms with E-state index in [1.54, 1.807) is 5.38 Å². The lowest BCUT2D eigenvalue weighted by atomic mass is 9.97. The van der Waals surface area contributed by atoms with E-state index in [2.05, 4.69) is 38.8 Å². The normalized spacial score (nSPS) is 18.3. The van der Waals surface area contributed by atoms with E-state index in [4.69, 9.17) is 9.16 Å². The Bertz CT molecular complexity index is 1560. The lowest BCUT2D eigenvalue weighted by molar-refractivity contribution is -0.143. The molecule has 3 aromatic rings. The number of alkyl halides is 9. The first kappa shape index (κ1) is 35.7. The van der Waals surface area contributed by atoms with Crippen LogP contribution in [0.5, 0.6) is 0 Å². The fourth-order valence-electron chi connectivity index (χ4n) is 4.56. The van der Waals surface area contributed by atoms with E-state index in [1.165, 1.54) is 13.0 Å². The lowest BCUT2D eigenvalue weighted by Crippen LogP contribution is -2.40. The maximum absolute atomic E-state index is 13.7. The van der Waals surface area contributed by atoms with Crippen molar-refractivity contribution in [3.8, 4) is 10.6 Å². The van der Waals surface area contributed by atoms with Crippen LogP contribution in [0.25, 0.3) is 10.6 Å². The van der Waals surface area contributed by atoms with Crippen LogP contribution in [0.2, 0.25) is 18.1 Å². The number of carbonyl (C=O) groups is 1. The van der Waals surface area contributed by atoms with Gasteiger partial charge in [0, 0.05) is 10.9 Å². The maximum atomic E-state index is 13.7. The Hall–Kier alpha value is -3.11. The molecule has 1 saturated heterocycles. The van der Waals surface area contributed by atoms with Crippen LogP contribution in [-0.4, -0.2) is 30.3 Å². The number of hydrogen-bond acceptors (Lipinski definition) is 5. The summed E-state index contributed by atoms with van der Waals surface area (Å²) in [7, 11) is -2.14. The van der Waals surface area contributed by atoms with Gasteiger partial charge in [-0.15, -0.1) is 11.3 Å². The van der Waals surface area contributed by atoms with Gasteiger partial charge in [-0.05, 0) is 66.5 Å². The number of carbonyl (C=O) groups excluding carboxylic acids is 1. The third kappa shape index (κ3) is 7.70. The molecule has 0 N–H and O–H groups in total. The van der Waals surface area contributed by atoms with Crippen LogP contribution in [0, 0.1) is 0 Å². The number of halogens is 9. The first-order valence-electron chi connectivity index (χ1n) is 13.9. The highest BCUT2D eigenvalue weighted by Gasteiger charge is 2.44. The fraction of sp³-hybridized carbons (Fsp3) is 0.467. The van der Waals surface area contributed by atoms with Gasteiger partial charge >= 0.3 is 24.6 Å². The maximum Gasteiger partial charge on any atom is 0.416 e. The summed E-state index contributed by atoms with van der Waals surface area (Å²) in [6, 6.07) is 2.64. The first-order chi connectivity index (χ1) is 20.9. The van der Waals surface area contributed by atoms with Crippen molar-refractivity contribution in [2.75, 3.05) is 0 Å². The van der Waals surface area contributed by atoms with E-state index in [1.807, 2.05) is 0 Å². The second-order valence-corrected chi connectivity index (χ2v) is 18.2. The number of cyclic esters (lactones) is 1. The molecule has 0 radical (unpaired) electrons. The highest BCUT2D eigenvalue weighted by atomic mass is 32.1. The van der Waals surface area contributed by atoms with E-state index in [-0.39, 0.29) is 28.8 Å². The van der Waals surface area contributed by atoms with Crippen LogP contribution in [0.1, 0.15) is 67.3 Å². The van der Waals surface area contributed by atoms with Gasteiger partial charge in [-0.3, -0.25) is 4.90 Å². The predicted molar refractivity (Wildman–Crippen MR) is 155 cm³/mol. The molecule has 1 amide bonds. The molecule has 46 heavy (non-hydrogen) atoms. The van der Waals surface area contributed by atoms with Gasteiger partial charge in [0.15, 0.2) is 8.32 Å². The van der Waals surface area contributed by atoms with Gasteiger partial charge in [-0.2, -0.15) is 39.5 Å². The number of hydrogen-bond donors (Lipinski definition) is 0. The minimum Gasteiger partial charge on any atom is -0.439 e. The third-order valence-corrected chi connectivity index (χ3v) is 13.7. The van der Waals surface area contributed by atoms with Crippen molar-refractivity contribution in [1.29, 1.82) is 0 Å². The summed E-state index contributed by atoms with van der Waals surface area (Å²) in [5, 5.41) is 1.97. The van der Waals surface area contributed by atoms with Crippen LogP contribution < -0.4 is 0 Å². The van der Waals surface area contributed by atoms with E-state index in [0.717, 1.165) is 28.4 Å². The molecule has 0 unspecified atom stereocenters. The SMILES string of the molecule is C[C@H]1[C@@H](c2cc(C(F)(F)F)cc(C(F)(F)F)c2)OC(=O)N1Cc1cc(C(F)(F)F)ccc1-c1nc(CO[Si](C)(C)C(C)(C)C)cs1. The zero-order valence-corrected chi connectivity index (χ0v) is 27.4. The van der Waals surface area contributed by atoms with Crippen molar-refractivity contribution in [2.24, 2.45) is 0 Å². The summed E-state index contributed by atoms with van der Waals surface area (Å²) in [5.41, 5.74) is -3.93. The molecule has 2 atom stereocenters. The molecule has 16 heteroatoms. The Morgan fingerprint density at radius 3 is 1.98 bits per heavy atom. The average Bonchev–Trinajstić information content (AvgIpc) is 3.50. The van der Waals surface area contributed by atoms with Gasteiger partial charge in [0.1, 0.15) is 11.1 Å². The number of ether oxygens (including phenoxy) is 1. The third-order valence-electron chi connectivity index (χ3n) is 8.27. The van der Waals surface area contributed by atoms with Crippen LogP contribution in [-0.2, 0) is 40.8 Å². The Balaban J connectivity index is 1.68. The molecule has 252 valence electrons. The van der Waals surface area contributed by atoms with Gasteiger partial charge in [0.25, 0.3) is 0 Å². The number of rotatable bonds is 7. The van der Waals surface area contributed by atoms with Gasteiger partial charge in [0.05, 0.1) is 41.6 Å². The molecule has 2 heterocycles. The van der Waals surface area contributed by atoms with E-state index in [9.17, 15) is 44.3 Å². The second kappa shape index (κ2) is 12.2. The Labute approximate surface area is 264 Å². The smallest absolute Gasteiger partial charge is 0.416 e. The number of aromatic nitrogens is 1. The standard InChI is InChI=1S/C30H31F9N2O3SSi/c1-16-24(17-9-20(29(34,35)36)12-21(10-17)30(37,38)39)44-26(42)41(16)13-18-11-19(28(31,32)33)7-8-23(18)25-40-22(15-45-25)14-43-46(5,6)27(2,3)4/h7-12,15-16,24H,13-14H2,1-6H3/t16-,24-/m0/s1. The van der Waals surface area contributed by atoms with Crippen molar-refractivity contribution in [3.63, 3.8) is 0 Å². The Morgan fingerprint density at radius 1 is 0.891 bits per heavy atom. The van der Waals surface area contributed by atoms with E-state index >= 15 is 0 Å². The van der Waals surface area contributed by atoms with Gasteiger partial charge in [-0.1, -0.05) is 26.8 Å². The molecule has 0 bridgehead atoms. The molecular formula is C30H31F9N2O3SSi. The molecule has 0 saturated carbocycles. The molecular weight excluding hydrogens is 667 g/mol. The molecule has 1 aliphatic heterocycles. The molecule has 5 nitrogen and oxygen atoms in total. The molecule has 4 rings (SSSR count). The van der Waals surface area contributed by atoms with Crippen LogP contribution >= 0.6 is 11.3 Å². The van der Waals surface area contributed by atoms with Crippen molar-refractivity contribution >= 4 is 25.7 Å². The molecule has 0 spiro atoms. The topological polar surface area (TPSA) is 51.7 Å². The largest absolute Gasteiger partial charge is 0.439 e. The zero-order valence-electron chi connectivity index (χ0n) is 25.5. The van der Waals surface area contributed by atoms with Crippen molar-refractivity contribution < 1.29 is 53.5 Å². The second-order valence-electron chi connectivity index (χ2n) is 12.6. The monoisotopic (exact) mass is 698 g/mol. The number of benzene rings is 2. The lowest BCUT2D eigenvalue weighted by Gasteiger charge is -2.35. The summed E-state index contributed by atoms with van der Waals surface area (Å²) in [6.45, 7) is 11.3. The predicted octanol–water partition coefficient (Wildman–Crippen LogP) is 10.5. The minimum atomic E-state index is -5.13. The molecule has 2 aromatic carbocycles. The first-order valence-corrected chi connectivity index (χ1v) is 17.7. The van der Waals surface area contributed by atoms with Crippen LogP contribution in [0.3, 0.4) is 0 Å².